The zero-order chi connectivity index (χ0) is 12.7. The van der Waals surface area contributed by atoms with E-state index in [1.54, 1.807) is 18.2 Å². The largest absolute Gasteiger partial charge is 0.351 e. The maximum absolute atomic E-state index is 11.9. The second-order valence-electron chi connectivity index (χ2n) is 3.92. The molecule has 0 heterocycles. The van der Waals surface area contributed by atoms with E-state index in [2.05, 4.69) is 17.6 Å². The van der Waals surface area contributed by atoms with Crippen LogP contribution in [0.2, 0.25) is 5.02 Å². The molecule has 0 aliphatic rings. The van der Waals surface area contributed by atoms with Crippen LogP contribution >= 0.6 is 24.0 Å². The van der Waals surface area contributed by atoms with E-state index in [1.165, 1.54) is 0 Å². The quantitative estimate of drug-likeness (QED) is 0.791. The summed E-state index contributed by atoms with van der Waals surface area (Å²) < 4.78 is 0. The molecule has 0 saturated heterocycles. The van der Waals surface area contributed by atoms with Gasteiger partial charge in [-0.25, -0.2) is 0 Å². The number of rotatable bonds is 6. The Bertz CT molecular complexity index is 383. The Morgan fingerprint density at radius 3 is 2.67 bits per heavy atom. The van der Waals surface area contributed by atoms with Crippen molar-refractivity contribution in [2.75, 3.05) is 19.6 Å². The Labute approximate surface area is 120 Å². The molecule has 0 spiro atoms. The maximum Gasteiger partial charge on any atom is 0.251 e. The second-order valence-corrected chi connectivity index (χ2v) is 4.33. The van der Waals surface area contributed by atoms with Crippen LogP contribution in [0.25, 0.3) is 0 Å². The molecular weight excluding hydrogens is 271 g/mol. The molecule has 0 aromatic heterocycles. The highest BCUT2D eigenvalue weighted by molar-refractivity contribution is 6.31. The SMILES string of the molecule is CCCNCCNC(=O)c1cccc(Cl)c1C.Cl. The van der Waals surface area contributed by atoms with Crippen LogP contribution in [-0.4, -0.2) is 25.5 Å². The first kappa shape index (κ1) is 17.2. The number of nitrogens with one attached hydrogen (secondary N) is 2. The summed E-state index contributed by atoms with van der Waals surface area (Å²) in [7, 11) is 0. The minimum absolute atomic E-state index is 0. The van der Waals surface area contributed by atoms with Gasteiger partial charge in [-0.15, -0.1) is 12.4 Å². The van der Waals surface area contributed by atoms with Crippen molar-refractivity contribution >= 4 is 29.9 Å². The Kier molecular flexibility index (Phi) is 8.81. The first-order valence-electron chi connectivity index (χ1n) is 5.90. The summed E-state index contributed by atoms with van der Waals surface area (Å²) in [6.45, 7) is 6.36. The van der Waals surface area contributed by atoms with Gasteiger partial charge < -0.3 is 10.6 Å². The number of carbonyl (C=O) groups excluding carboxylic acids is 1. The van der Waals surface area contributed by atoms with Crippen molar-refractivity contribution in [3.63, 3.8) is 0 Å². The summed E-state index contributed by atoms with van der Waals surface area (Å²) in [6.07, 6.45) is 1.10. The van der Waals surface area contributed by atoms with Crippen LogP contribution in [-0.2, 0) is 0 Å². The zero-order valence-corrected chi connectivity index (χ0v) is 12.3. The fraction of sp³-hybridized carbons (Fsp3) is 0.462. The van der Waals surface area contributed by atoms with E-state index < -0.39 is 0 Å². The number of hydrogen-bond donors (Lipinski definition) is 2. The summed E-state index contributed by atoms with van der Waals surface area (Å²) in [5.41, 5.74) is 1.47. The summed E-state index contributed by atoms with van der Waals surface area (Å²) in [6, 6.07) is 5.37. The van der Waals surface area contributed by atoms with Gasteiger partial charge in [0.1, 0.15) is 0 Å². The molecule has 0 atom stereocenters. The molecule has 3 nitrogen and oxygen atoms in total. The predicted octanol–water partition coefficient (Wildman–Crippen LogP) is 2.80. The lowest BCUT2D eigenvalue weighted by Crippen LogP contribution is -2.32. The minimum atomic E-state index is -0.0664. The van der Waals surface area contributed by atoms with Gasteiger partial charge in [-0.2, -0.15) is 0 Å². The normalized spacial score (nSPS) is 9.72. The molecule has 1 amide bonds. The Morgan fingerprint density at radius 2 is 2.00 bits per heavy atom. The smallest absolute Gasteiger partial charge is 0.251 e. The first-order chi connectivity index (χ1) is 8.16. The van der Waals surface area contributed by atoms with E-state index in [9.17, 15) is 4.79 Å². The fourth-order valence-corrected chi connectivity index (χ4v) is 1.69. The van der Waals surface area contributed by atoms with Gasteiger partial charge in [-0.3, -0.25) is 4.79 Å². The Hall–Kier alpha value is -0.770. The molecule has 1 aromatic rings. The van der Waals surface area contributed by atoms with Gasteiger partial charge in [-0.05, 0) is 37.6 Å². The van der Waals surface area contributed by atoms with Gasteiger partial charge in [0.2, 0.25) is 0 Å². The molecule has 0 unspecified atom stereocenters. The topological polar surface area (TPSA) is 41.1 Å². The zero-order valence-electron chi connectivity index (χ0n) is 10.8. The third-order valence-electron chi connectivity index (χ3n) is 2.53. The highest BCUT2D eigenvalue weighted by Gasteiger charge is 2.09. The van der Waals surface area contributed by atoms with Gasteiger partial charge >= 0.3 is 0 Å². The average Bonchev–Trinajstić information content (AvgIpc) is 2.32. The molecule has 18 heavy (non-hydrogen) atoms. The van der Waals surface area contributed by atoms with Crippen LogP contribution in [0.3, 0.4) is 0 Å². The minimum Gasteiger partial charge on any atom is -0.351 e. The van der Waals surface area contributed by atoms with Crippen LogP contribution in [0.4, 0.5) is 0 Å². The highest BCUT2D eigenvalue weighted by Crippen LogP contribution is 2.18. The lowest BCUT2D eigenvalue weighted by molar-refractivity contribution is 0.0953. The number of hydrogen-bond acceptors (Lipinski definition) is 2. The maximum atomic E-state index is 11.9. The molecule has 0 bridgehead atoms. The van der Waals surface area contributed by atoms with Crippen LogP contribution in [0.15, 0.2) is 18.2 Å². The number of amides is 1. The highest BCUT2D eigenvalue weighted by atomic mass is 35.5. The van der Waals surface area contributed by atoms with E-state index >= 15 is 0 Å². The van der Waals surface area contributed by atoms with Gasteiger partial charge in [0.05, 0.1) is 0 Å². The van der Waals surface area contributed by atoms with E-state index in [0.29, 0.717) is 17.1 Å². The van der Waals surface area contributed by atoms with Crippen LogP contribution in [0.1, 0.15) is 29.3 Å². The third kappa shape index (κ3) is 5.25. The van der Waals surface area contributed by atoms with E-state index in [4.69, 9.17) is 11.6 Å². The number of benzene rings is 1. The lowest BCUT2D eigenvalue weighted by atomic mass is 10.1. The standard InChI is InChI=1S/C13H19ClN2O.ClH/c1-3-7-15-8-9-16-13(17)11-5-4-6-12(14)10(11)2;/h4-6,15H,3,7-9H2,1-2H3,(H,16,17);1H. The van der Waals surface area contributed by atoms with Gasteiger partial charge in [0, 0.05) is 23.7 Å². The van der Waals surface area contributed by atoms with Crippen molar-refractivity contribution in [1.82, 2.24) is 10.6 Å². The van der Waals surface area contributed by atoms with Gasteiger partial charge in [0.15, 0.2) is 0 Å². The van der Waals surface area contributed by atoms with Crippen molar-refractivity contribution in [2.45, 2.75) is 20.3 Å². The first-order valence-corrected chi connectivity index (χ1v) is 6.28. The molecule has 1 rings (SSSR count). The summed E-state index contributed by atoms with van der Waals surface area (Å²) >= 11 is 5.97. The number of carbonyl (C=O) groups is 1. The Morgan fingerprint density at radius 1 is 1.28 bits per heavy atom. The van der Waals surface area contributed by atoms with Gasteiger partial charge in [0.25, 0.3) is 5.91 Å². The predicted molar refractivity (Wildman–Crippen MR) is 78.9 cm³/mol. The van der Waals surface area contributed by atoms with Crippen LogP contribution in [0.5, 0.6) is 0 Å². The molecule has 102 valence electrons. The average molecular weight is 291 g/mol. The molecule has 0 radical (unpaired) electrons. The molecule has 0 aliphatic carbocycles. The molecule has 5 heteroatoms. The molecule has 0 aliphatic heterocycles. The van der Waals surface area contributed by atoms with Crippen molar-refractivity contribution < 1.29 is 4.79 Å². The third-order valence-corrected chi connectivity index (χ3v) is 2.94. The van der Waals surface area contributed by atoms with Crippen LogP contribution < -0.4 is 10.6 Å². The lowest BCUT2D eigenvalue weighted by Gasteiger charge is -2.09. The monoisotopic (exact) mass is 290 g/mol. The van der Waals surface area contributed by atoms with E-state index in [1.807, 2.05) is 6.92 Å². The summed E-state index contributed by atoms with van der Waals surface area (Å²) in [5, 5.41) is 6.72. The molecule has 0 saturated carbocycles. The van der Waals surface area contributed by atoms with E-state index in [-0.39, 0.29) is 18.3 Å². The summed E-state index contributed by atoms with van der Waals surface area (Å²) in [5.74, 6) is -0.0664. The fourth-order valence-electron chi connectivity index (χ4n) is 1.51. The van der Waals surface area contributed by atoms with E-state index in [0.717, 1.165) is 25.1 Å². The molecule has 0 fully saturated rings. The van der Waals surface area contributed by atoms with Crippen LogP contribution in [0, 0.1) is 6.92 Å². The van der Waals surface area contributed by atoms with Crippen molar-refractivity contribution in [3.05, 3.63) is 34.3 Å². The van der Waals surface area contributed by atoms with Crippen molar-refractivity contribution in [1.29, 1.82) is 0 Å². The number of halogens is 2. The second kappa shape index (κ2) is 9.20. The molecule has 1 aromatic carbocycles. The van der Waals surface area contributed by atoms with Gasteiger partial charge in [-0.1, -0.05) is 24.6 Å². The molecular formula is C13H20Cl2N2O. The van der Waals surface area contributed by atoms with Crippen molar-refractivity contribution in [3.8, 4) is 0 Å². The summed E-state index contributed by atoms with van der Waals surface area (Å²) in [4.78, 5) is 11.9. The molecule has 2 N–H and O–H groups in total. The Balaban J connectivity index is 0.00000289. The van der Waals surface area contributed by atoms with Crippen molar-refractivity contribution in [2.24, 2.45) is 0 Å².